The molecule has 6 nitrogen and oxygen atoms in total. The Hall–Kier alpha value is -3.02. The highest BCUT2D eigenvalue weighted by Gasteiger charge is 2.37. The molecule has 2 aromatic rings. The summed E-state index contributed by atoms with van der Waals surface area (Å²) in [6.07, 6.45) is 1.33. The van der Waals surface area contributed by atoms with Gasteiger partial charge in [0.05, 0.1) is 13.2 Å². The van der Waals surface area contributed by atoms with Gasteiger partial charge in [-0.2, -0.15) is 0 Å². The van der Waals surface area contributed by atoms with Gasteiger partial charge in [0, 0.05) is 0 Å². The molecule has 0 spiro atoms. The fourth-order valence-electron chi connectivity index (χ4n) is 2.99. The number of nitrogens with zero attached hydrogens (tertiary/aromatic N) is 1. The number of carbonyl (C=O) groups excluding carboxylic acids is 2. The van der Waals surface area contributed by atoms with Crippen molar-refractivity contribution in [2.75, 3.05) is 19.8 Å². The van der Waals surface area contributed by atoms with Crippen LogP contribution in [0.1, 0.15) is 18.9 Å². The van der Waals surface area contributed by atoms with E-state index >= 15 is 0 Å². The molecule has 0 saturated carbocycles. The lowest BCUT2D eigenvalue weighted by Gasteiger charge is -2.14. The van der Waals surface area contributed by atoms with Gasteiger partial charge in [-0.1, -0.05) is 30.3 Å². The van der Waals surface area contributed by atoms with Gasteiger partial charge in [-0.3, -0.25) is 9.69 Å². The van der Waals surface area contributed by atoms with E-state index in [1.165, 1.54) is 4.90 Å². The van der Waals surface area contributed by atoms with Gasteiger partial charge in [-0.15, -0.1) is 0 Å². The zero-order valence-corrected chi connectivity index (χ0v) is 15.4. The second kappa shape index (κ2) is 9.07. The Bertz CT molecular complexity index is 762. The lowest BCUT2D eigenvalue weighted by Crippen LogP contribution is -2.35. The second-order valence-electron chi connectivity index (χ2n) is 6.27. The van der Waals surface area contributed by atoms with E-state index in [2.05, 4.69) is 5.32 Å². The highest BCUT2D eigenvalue weighted by Crippen LogP contribution is 2.18. The lowest BCUT2D eigenvalue weighted by molar-refractivity contribution is -0.127. The summed E-state index contributed by atoms with van der Waals surface area (Å²) in [5, 5.41) is 2.76. The van der Waals surface area contributed by atoms with Crippen LogP contribution in [-0.2, 0) is 11.2 Å². The third-order valence-corrected chi connectivity index (χ3v) is 4.39. The molecule has 2 aromatic carbocycles. The van der Waals surface area contributed by atoms with E-state index in [1.807, 2.05) is 49.4 Å². The summed E-state index contributed by atoms with van der Waals surface area (Å²) in [7, 11) is 0. The summed E-state index contributed by atoms with van der Waals surface area (Å²) in [6.45, 7) is 3.01. The summed E-state index contributed by atoms with van der Waals surface area (Å²) < 4.78 is 11.0. The first kappa shape index (κ1) is 18.8. The molecule has 6 heteroatoms. The first-order valence-electron chi connectivity index (χ1n) is 9.19. The highest BCUT2D eigenvalue weighted by molar-refractivity contribution is 6.04. The molecule has 1 aliphatic heterocycles. The van der Waals surface area contributed by atoms with Crippen LogP contribution in [0.5, 0.6) is 11.5 Å². The predicted molar refractivity (Wildman–Crippen MR) is 102 cm³/mol. The van der Waals surface area contributed by atoms with E-state index in [-0.39, 0.29) is 25.1 Å². The van der Waals surface area contributed by atoms with Crippen LogP contribution >= 0.6 is 0 Å². The number of aryl methyl sites for hydroxylation is 1. The summed E-state index contributed by atoms with van der Waals surface area (Å²) in [5.41, 5.74) is 1.15. The average Bonchev–Trinajstić information content (AvgIpc) is 2.96. The third kappa shape index (κ3) is 5.00. The number of amides is 3. The molecule has 1 heterocycles. The third-order valence-electron chi connectivity index (χ3n) is 4.39. The maximum Gasteiger partial charge on any atom is 0.324 e. The Morgan fingerprint density at radius 1 is 0.963 bits per heavy atom. The van der Waals surface area contributed by atoms with E-state index in [0.717, 1.165) is 17.7 Å². The van der Waals surface area contributed by atoms with Crippen LogP contribution < -0.4 is 14.8 Å². The van der Waals surface area contributed by atoms with Crippen molar-refractivity contribution in [1.29, 1.82) is 0 Å². The van der Waals surface area contributed by atoms with Crippen molar-refractivity contribution in [3.63, 3.8) is 0 Å². The molecule has 1 fully saturated rings. The Kier molecular flexibility index (Phi) is 6.30. The number of nitrogens with one attached hydrogen (secondary N) is 1. The normalized spacial score (nSPS) is 16.3. The molecule has 142 valence electrons. The Labute approximate surface area is 159 Å². The number of hydrogen-bond donors (Lipinski definition) is 1. The molecule has 3 rings (SSSR count). The highest BCUT2D eigenvalue weighted by atomic mass is 16.5. The zero-order valence-electron chi connectivity index (χ0n) is 15.4. The van der Waals surface area contributed by atoms with Crippen molar-refractivity contribution in [3.05, 3.63) is 60.2 Å². The van der Waals surface area contributed by atoms with Gasteiger partial charge < -0.3 is 14.8 Å². The van der Waals surface area contributed by atoms with Crippen molar-refractivity contribution in [2.24, 2.45) is 0 Å². The van der Waals surface area contributed by atoms with Crippen molar-refractivity contribution < 1.29 is 19.1 Å². The number of hydrogen-bond acceptors (Lipinski definition) is 4. The Morgan fingerprint density at radius 2 is 1.63 bits per heavy atom. The number of ether oxygens (including phenoxy) is 2. The first-order chi connectivity index (χ1) is 13.2. The summed E-state index contributed by atoms with van der Waals surface area (Å²) in [6, 6.07) is 16.4. The minimum Gasteiger partial charge on any atom is -0.494 e. The van der Waals surface area contributed by atoms with Crippen LogP contribution in [0.15, 0.2) is 54.6 Å². The molecule has 0 unspecified atom stereocenters. The van der Waals surface area contributed by atoms with Crippen LogP contribution in [-0.4, -0.2) is 42.6 Å². The molecule has 3 amide bonds. The minimum atomic E-state index is -0.469. The molecular formula is C21H24N2O4. The maximum atomic E-state index is 12.5. The van der Waals surface area contributed by atoms with Gasteiger partial charge in [0.1, 0.15) is 24.1 Å². The summed E-state index contributed by atoms with van der Waals surface area (Å²) in [4.78, 5) is 25.8. The van der Waals surface area contributed by atoms with Gasteiger partial charge in [-0.05, 0) is 49.6 Å². The fraction of sp³-hybridized carbons (Fsp3) is 0.333. The molecular weight excluding hydrogens is 344 g/mol. The number of carbonyl (C=O) groups is 2. The molecule has 1 aliphatic rings. The maximum absolute atomic E-state index is 12.5. The molecule has 0 aromatic heterocycles. The SMILES string of the molecule is CCOc1ccc(OCCN2C(=O)N[C@H](CCc3ccccc3)C2=O)cc1. The topological polar surface area (TPSA) is 67.9 Å². The number of urea groups is 1. The number of rotatable bonds is 9. The van der Waals surface area contributed by atoms with Crippen LogP contribution in [0, 0.1) is 0 Å². The van der Waals surface area contributed by atoms with Crippen LogP contribution in [0.2, 0.25) is 0 Å². The minimum absolute atomic E-state index is 0.189. The molecule has 1 atom stereocenters. The molecule has 0 radical (unpaired) electrons. The van der Waals surface area contributed by atoms with Crippen LogP contribution in [0.3, 0.4) is 0 Å². The van der Waals surface area contributed by atoms with Crippen molar-refractivity contribution in [1.82, 2.24) is 10.2 Å². The van der Waals surface area contributed by atoms with E-state index < -0.39 is 6.04 Å². The quantitative estimate of drug-likeness (QED) is 0.691. The average molecular weight is 368 g/mol. The van der Waals surface area contributed by atoms with Gasteiger partial charge >= 0.3 is 6.03 Å². The molecule has 1 N–H and O–H groups in total. The standard InChI is InChI=1S/C21H24N2O4/c1-2-26-17-9-11-18(12-10-17)27-15-14-23-20(24)19(22-21(23)25)13-8-16-6-4-3-5-7-16/h3-7,9-12,19H,2,8,13-15H2,1H3,(H,22,25)/t19-/m1/s1. The molecule has 0 aliphatic carbocycles. The van der Waals surface area contributed by atoms with Gasteiger partial charge in [0.15, 0.2) is 0 Å². The smallest absolute Gasteiger partial charge is 0.324 e. The van der Waals surface area contributed by atoms with Gasteiger partial charge in [-0.25, -0.2) is 4.79 Å². The van der Waals surface area contributed by atoms with Gasteiger partial charge in [0.25, 0.3) is 5.91 Å². The van der Waals surface area contributed by atoms with E-state index in [9.17, 15) is 9.59 Å². The Balaban J connectivity index is 1.45. The number of benzene rings is 2. The van der Waals surface area contributed by atoms with Crippen molar-refractivity contribution >= 4 is 11.9 Å². The number of imide groups is 1. The predicted octanol–water partition coefficient (Wildman–Crippen LogP) is 3.02. The summed E-state index contributed by atoms with van der Waals surface area (Å²) >= 11 is 0. The largest absolute Gasteiger partial charge is 0.494 e. The first-order valence-corrected chi connectivity index (χ1v) is 9.19. The Morgan fingerprint density at radius 3 is 2.30 bits per heavy atom. The monoisotopic (exact) mass is 368 g/mol. The second-order valence-corrected chi connectivity index (χ2v) is 6.27. The zero-order chi connectivity index (χ0) is 19.1. The van der Waals surface area contributed by atoms with Crippen molar-refractivity contribution in [2.45, 2.75) is 25.8 Å². The van der Waals surface area contributed by atoms with E-state index in [4.69, 9.17) is 9.47 Å². The van der Waals surface area contributed by atoms with Gasteiger partial charge in [0.2, 0.25) is 0 Å². The molecule has 0 bridgehead atoms. The van der Waals surface area contributed by atoms with Crippen LogP contribution in [0.25, 0.3) is 0 Å². The van der Waals surface area contributed by atoms with Crippen molar-refractivity contribution in [3.8, 4) is 11.5 Å². The van der Waals surface area contributed by atoms with Crippen LogP contribution in [0.4, 0.5) is 4.79 Å². The summed E-state index contributed by atoms with van der Waals surface area (Å²) in [5.74, 6) is 1.26. The van der Waals surface area contributed by atoms with E-state index in [0.29, 0.717) is 18.8 Å². The molecule has 27 heavy (non-hydrogen) atoms. The fourth-order valence-corrected chi connectivity index (χ4v) is 2.99. The molecule has 1 saturated heterocycles. The lowest BCUT2D eigenvalue weighted by atomic mass is 10.1. The van der Waals surface area contributed by atoms with E-state index in [1.54, 1.807) is 12.1 Å².